The summed E-state index contributed by atoms with van der Waals surface area (Å²) in [7, 11) is 2.03. The predicted molar refractivity (Wildman–Crippen MR) is 37.4 cm³/mol. The SMILES string of the molecule is CN1CC2CC1C(=O)S2. The van der Waals surface area contributed by atoms with Crippen LogP contribution in [0.15, 0.2) is 0 Å². The Labute approximate surface area is 58.6 Å². The van der Waals surface area contributed by atoms with Gasteiger partial charge < -0.3 is 0 Å². The van der Waals surface area contributed by atoms with Crippen LogP contribution < -0.4 is 0 Å². The highest BCUT2D eigenvalue weighted by molar-refractivity contribution is 8.14. The molecule has 2 bridgehead atoms. The summed E-state index contributed by atoms with van der Waals surface area (Å²) < 4.78 is 0. The van der Waals surface area contributed by atoms with Gasteiger partial charge in [-0.2, -0.15) is 0 Å². The Kier molecular flexibility index (Phi) is 1.11. The van der Waals surface area contributed by atoms with Crippen molar-refractivity contribution in [1.29, 1.82) is 0 Å². The highest BCUT2D eigenvalue weighted by Gasteiger charge is 2.42. The van der Waals surface area contributed by atoms with E-state index in [0.29, 0.717) is 10.4 Å². The number of carbonyl (C=O) groups excluding carboxylic acids is 1. The average molecular weight is 143 g/mol. The van der Waals surface area contributed by atoms with Crippen molar-refractivity contribution < 1.29 is 4.79 Å². The van der Waals surface area contributed by atoms with E-state index in [1.165, 1.54) is 11.8 Å². The number of likely N-dealkylation sites (N-methyl/N-ethyl adjacent to an activating group) is 1. The lowest BCUT2D eigenvalue weighted by atomic mass is 10.2. The van der Waals surface area contributed by atoms with Crippen LogP contribution in [0.25, 0.3) is 0 Å². The molecule has 2 atom stereocenters. The van der Waals surface area contributed by atoms with Gasteiger partial charge in [-0.15, -0.1) is 0 Å². The molecule has 2 heterocycles. The van der Waals surface area contributed by atoms with Crippen molar-refractivity contribution in [2.45, 2.75) is 17.7 Å². The fourth-order valence-corrected chi connectivity index (χ4v) is 2.91. The molecule has 2 unspecified atom stereocenters. The molecule has 2 saturated heterocycles. The van der Waals surface area contributed by atoms with E-state index in [9.17, 15) is 4.79 Å². The summed E-state index contributed by atoms with van der Waals surface area (Å²) in [5, 5.41) is 1.00. The van der Waals surface area contributed by atoms with E-state index < -0.39 is 0 Å². The van der Waals surface area contributed by atoms with Crippen LogP contribution in [0.4, 0.5) is 0 Å². The third kappa shape index (κ3) is 0.715. The molecule has 0 aromatic rings. The maximum absolute atomic E-state index is 11.0. The molecule has 9 heavy (non-hydrogen) atoms. The molecule has 0 radical (unpaired) electrons. The van der Waals surface area contributed by atoms with Gasteiger partial charge in [-0.3, -0.25) is 9.69 Å². The molecule has 0 aromatic carbocycles. The third-order valence-electron chi connectivity index (χ3n) is 2.06. The first-order chi connectivity index (χ1) is 4.27. The van der Waals surface area contributed by atoms with E-state index >= 15 is 0 Å². The number of thioether (sulfide) groups is 1. The molecule has 2 nitrogen and oxygen atoms in total. The topological polar surface area (TPSA) is 20.3 Å². The van der Waals surface area contributed by atoms with Crippen molar-refractivity contribution in [3.63, 3.8) is 0 Å². The summed E-state index contributed by atoms with van der Waals surface area (Å²) in [4.78, 5) is 13.1. The van der Waals surface area contributed by atoms with E-state index in [2.05, 4.69) is 4.90 Å². The van der Waals surface area contributed by atoms with Gasteiger partial charge in [-0.25, -0.2) is 0 Å². The molecule has 0 amide bonds. The molecule has 3 heteroatoms. The molecule has 0 N–H and O–H groups in total. The zero-order valence-corrected chi connectivity index (χ0v) is 6.15. The summed E-state index contributed by atoms with van der Waals surface area (Å²) in [6, 6.07) is 0.264. The van der Waals surface area contributed by atoms with Crippen LogP contribution in [0.2, 0.25) is 0 Å². The highest BCUT2D eigenvalue weighted by atomic mass is 32.2. The van der Waals surface area contributed by atoms with E-state index in [1.54, 1.807) is 0 Å². The summed E-state index contributed by atoms with van der Waals surface area (Å²) >= 11 is 1.54. The molecule has 2 rings (SSSR count). The van der Waals surface area contributed by atoms with Gasteiger partial charge in [0.15, 0.2) is 0 Å². The summed E-state index contributed by atoms with van der Waals surface area (Å²) in [6.45, 7) is 1.11. The maximum Gasteiger partial charge on any atom is 0.206 e. The van der Waals surface area contributed by atoms with Crippen LogP contribution in [0.1, 0.15) is 6.42 Å². The van der Waals surface area contributed by atoms with Crippen molar-refractivity contribution in [3.8, 4) is 0 Å². The Morgan fingerprint density at radius 1 is 1.78 bits per heavy atom. The second kappa shape index (κ2) is 1.73. The minimum atomic E-state index is 0.264. The monoisotopic (exact) mass is 143 g/mol. The minimum Gasteiger partial charge on any atom is -0.295 e. The second-order valence-electron chi connectivity index (χ2n) is 2.75. The average Bonchev–Trinajstić information content (AvgIpc) is 2.22. The zero-order valence-electron chi connectivity index (χ0n) is 5.33. The fraction of sp³-hybridized carbons (Fsp3) is 0.833. The molecule has 2 aliphatic heterocycles. The highest BCUT2D eigenvalue weighted by Crippen LogP contribution is 2.37. The number of likely N-dealkylation sites (tertiary alicyclic amines) is 1. The molecule has 0 aliphatic carbocycles. The van der Waals surface area contributed by atoms with Crippen LogP contribution in [0.3, 0.4) is 0 Å². The van der Waals surface area contributed by atoms with Gasteiger partial charge in [-0.1, -0.05) is 11.8 Å². The predicted octanol–water partition coefficient (Wildman–Crippen LogP) is 0.332. The first kappa shape index (κ1) is 5.74. The largest absolute Gasteiger partial charge is 0.295 e. The lowest BCUT2D eigenvalue weighted by Gasteiger charge is -2.19. The van der Waals surface area contributed by atoms with Crippen molar-refractivity contribution in [2.24, 2.45) is 0 Å². The van der Waals surface area contributed by atoms with Crippen LogP contribution in [0, 0.1) is 0 Å². The van der Waals surface area contributed by atoms with Crippen molar-refractivity contribution in [3.05, 3.63) is 0 Å². The van der Waals surface area contributed by atoms with Crippen LogP contribution in [0.5, 0.6) is 0 Å². The molecule has 2 aliphatic rings. The first-order valence-corrected chi connectivity index (χ1v) is 4.06. The zero-order chi connectivity index (χ0) is 6.43. The van der Waals surface area contributed by atoms with Gasteiger partial charge in [0.2, 0.25) is 5.12 Å². The number of hydrogen-bond donors (Lipinski definition) is 0. The van der Waals surface area contributed by atoms with Gasteiger partial charge >= 0.3 is 0 Å². The molecular weight excluding hydrogens is 134 g/mol. The Hall–Kier alpha value is -0.0200. The lowest BCUT2D eigenvalue weighted by Crippen LogP contribution is -2.33. The van der Waals surface area contributed by atoms with Gasteiger partial charge in [-0.05, 0) is 13.5 Å². The lowest BCUT2D eigenvalue weighted by molar-refractivity contribution is -0.114. The van der Waals surface area contributed by atoms with E-state index in [4.69, 9.17) is 0 Å². The number of nitrogens with zero attached hydrogens (tertiary/aromatic N) is 1. The van der Waals surface area contributed by atoms with Crippen LogP contribution in [-0.2, 0) is 4.79 Å². The Morgan fingerprint density at radius 2 is 2.56 bits per heavy atom. The Bertz CT molecular complexity index is 159. The first-order valence-electron chi connectivity index (χ1n) is 3.18. The smallest absolute Gasteiger partial charge is 0.206 e. The number of carbonyl (C=O) groups is 1. The van der Waals surface area contributed by atoms with Gasteiger partial charge in [0.05, 0.1) is 6.04 Å². The molecule has 0 spiro atoms. The number of fused-ring (bicyclic) bond motifs is 2. The maximum atomic E-state index is 11.0. The van der Waals surface area contributed by atoms with E-state index in [0.717, 1.165) is 13.0 Å². The third-order valence-corrected chi connectivity index (χ3v) is 3.24. The summed E-state index contributed by atoms with van der Waals surface area (Å²) in [5.41, 5.74) is 0. The van der Waals surface area contributed by atoms with Gasteiger partial charge in [0.25, 0.3) is 0 Å². The second-order valence-corrected chi connectivity index (χ2v) is 4.05. The summed E-state index contributed by atoms with van der Waals surface area (Å²) in [6.07, 6.45) is 1.10. The molecule has 0 saturated carbocycles. The van der Waals surface area contributed by atoms with Crippen molar-refractivity contribution >= 4 is 16.9 Å². The van der Waals surface area contributed by atoms with Crippen molar-refractivity contribution in [2.75, 3.05) is 13.6 Å². The normalized spacial score (nSPS) is 42.6. The van der Waals surface area contributed by atoms with Crippen molar-refractivity contribution in [1.82, 2.24) is 4.90 Å². The minimum absolute atomic E-state index is 0.264. The number of hydrogen-bond acceptors (Lipinski definition) is 3. The Balaban J connectivity index is 2.21. The molecule has 2 fully saturated rings. The molecule has 0 aromatic heterocycles. The molecular formula is C6H9NOS. The summed E-state index contributed by atoms with van der Waals surface area (Å²) in [5.74, 6) is 0. The van der Waals surface area contributed by atoms with E-state index in [-0.39, 0.29) is 6.04 Å². The number of rotatable bonds is 0. The Morgan fingerprint density at radius 3 is 2.89 bits per heavy atom. The van der Waals surface area contributed by atoms with E-state index in [1.807, 2.05) is 7.05 Å². The standard InChI is InChI=1S/C6H9NOS/c1-7-3-4-2-5(7)6(8)9-4/h4-5H,2-3H2,1H3. The quantitative estimate of drug-likeness (QED) is 0.487. The van der Waals surface area contributed by atoms with Gasteiger partial charge in [0, 0.05) is 11.8 Å². The van der Waals surface area contributed by atoms with Gasteiger partial charge in [0.1, 0.15) is 0 Å². The molecule has 50 valence electrons. The van der Waals surface area contributed by atoms with Crippen LogP contribution >= 0.6 is 11.8 Å². The fourth-order valence-electron chi connectivity index (χ4n) is 1.56. The van der Waals surface area contributed by atoms with Crippen LogP contribution in [-0.4, -0.2) is 34.9 Å².